The van der Waals surface area contributed by atoms with Crippen LogP contribution in [-0.4, -0.2) is 23.5 Å². The third-order valence-corrected chi connectivity index (χ3v) is 2.09. The fraction of sp³-hybridized carbons (Fsp3) is 0.800. The Kier molecular flexibility index (Phi) is 3.62. The van der Waals surface area contributed by atoms with Crippen LogP contribution in [0.3, 0.4) is 0 Å². The standard InChI is InChI=1S/C10H19N/c1-7-8-10(4,5)11(6)9(2)3/h9H,1-6H3. The monoisotopic (exact) mass is 153 g/mol. The maximum Gasteiger partial charge on any atom is 0.0768 e. The van der Waals surface area contributed by atoms with Gasteiger partial charge in [-0.05, 0) is 41.7 Å². The second-order valence-corrected chi connectivity index (χ2v) is 3.64. The van der Waals surface area contributed by atoms with Gasteiger partial charge >= 0.3 is 0 Å². The first-order valence-corrected chi connectivity index (χ1v) is 4.08. The molecule has 0 aliphatic heterocycles. The van der Waals surface area contributed by atoms with Crippen molar-refractivity contribution in [1.29, 1.82) is 0 Å². The first-order chi connectivity index (χ1) is 4.91. The maximum absolute atomic E-state index is 3.18. The Morgan fingerprint density at radius 2 is 1.73 bits per heavy atom. The average molecular weight is 153 g/mol. The molecule has 0 radical (unpaired) electrons. The third kappa shape index (κ3) is 2.95. The molecule has 0 amide bonds. The molecular weight excluding hydrogens is 134 g/mol. The molecule has 1 heteroatoms. The van der Waals surface area contributed by atoms with Crippen molar-refractivity contribution >= 4 is 0 Å². The molecule has 0 aromatic rings. The molecule has 0 aliphatic carbocycles. The highest BCUT2D eigenvalue weighted by Crippen LogP contribution is 2.13. The van der Waals surface area contributed by atoms with Crippen molar-refractivity contribution < 1.29 is 0 Å². The minimum absolute atomic E-state index is 0.00289. The molecule has 0 bridgehead atoms. The molecule has 64 valence electrons. The van der Waals surface area contributed by atoms with E-state index in [1.807, 2.05) is 6.92 Å². The van der Waals surface area contributed by atoms with Crippen LogP contribution in [0.4, 0.5) is 0 Å². The smallest absolute Gasteiger partial charge is 0.0768 e. The summed E-state index contributed by atoms with van der Waals surface area (Å²) in [4.78, 5) is 2.27. The number of hydrogen-bond acceptors (Lipinski definition) is 1. The molecule has 0 N–H and O–H groups in total. The van der Waals surface area contributed by atoms with Gasteiger partial charge < -0.3 is 0 Å². The summed E-state index contributed by atoms with van der Waals surface area (Å²) in [5.41, 5.74) is 0.00289. The summed E-state index contributed by atoms with van der Waals surface area (Å²) in [6, 6.07) is 0.547. The van der Waals surface area contributed by atoms with Crippen LogP contribution in [0.15, 0.2) is 0 Å². The Hall–Kier alpha value is -0.480. The lowest BCUT2D eigenvalue weighted by Crippen LogP contribution is -2.44. The molecule has 0 rings (SSSR count). The zero-order valence-corrected chi connectivity index (χ0v) is 8.52. The topological polar surface area (TPSA) is 3.24 Å². The predicted molar refractivity (Wildman–Crippen MR) is 50.4 cm³/mol. The summed E-state index contributed by atoms with van der Waals surface area (Å²) in [7, 11) is 2.11. The minimum Gasteiger partial charge on any atom is -0.288 e. The molecule has 11 heavy (non-hydrogen) atoms. The largest absolute Gasteiger partial charge is 0.288 e. The van der Waals surface area contributed by atoms with Crippen LogP contribution in [0.2, 0.25) is 0 Å². The molecular formula is C10H19N. The molecule has 0 fully saturated rings. The summed E-state index contributed by atoms with van der Waals surface area (Å²) in [6.45, 7) is 10.5. The lowest BCUT2D eigenvalue weighted by atomic mass is 10.0. The van der Waals surface area contributed by atoms with Gasteiger partial charge in [0, 0.05) is 6.04 Å². The van der Waals surface area contributed by atoms with Crippen LogP contribution in [0.5, 0.6) is 0 Å². The maximum atomic E-state index is 3.18. The van der Waals surface area contributed by atoms with Crippen LogP contribution in [-0.2, 0) is 0 Å². The van der Waals surface area contributed by atoms with Crippen LogP contribution < -0.4 is 0 Å². The zero-order valence-electron chi connectivity index (χ0n) is 8.52. The van der Waals surface area contributed by atoms with Crippen molar-refractivity contribution in [3.63, 3.8) is 0 Å². The van der Waals surface area contributed by atoms with Crippen LogP contribution in [0, 0.1) is 11.8 Å². The van der Waals surface area contributed by atoms with E-state index in [0.717, 1.165) is 0 Å². The molecule has 0 saturated heterocycles. The molecule has 0 atom stereocenters. The highest BCUT2D eigenvalue weighted by atomic mass is 15.2. The fourth-order valence-corrected chi connectivity index (χ4v) is 1.04. The van der Waals surface area contributed by atoms with Crippen molar-refractivity contribution in [3.05, 3.63) is 0 Å². The van der Waals surface area contributed by atoms with E-state index in [1.165, 1.54) is 0 Å². The van der Waals surface area contributed by atoms with Gasteiger partial charge in [-0.15, -0.1) is 5.92 Å². The molecule has 0 aliphatic rings. The summed E-state index contributed by atoms with van der Waals surface area (Å²) in [6.07, 6.45) is 0. The minimum atomic E-state index is 0.00289. The van der Waals surface area contributed by atoms with E-state index in [-0.39, 0.29) is 5.54 Å². The highest BCUT2D eigenvalue weighted by Gasteiger charge is 2.22. The van der Waals surface area contributed by atoms with Gasteiger partial charge in [-0.25, -0.2) is 0 Å². The summed E-state index contributed by atoms with van der Waals surface area (Å²) >= 11 is 0. The Balaban J connectivity index is 4.37. The molecule has 0 unspecified atom stereocenters. The molecule has 0 spiro atoms. The van der Waals surface area contributed by atoms with Gasteiger partial charge in [-0.1, -0.05) is 5.92 Å². The van der Waals surface area contributed by atoms with Gasteiger partial charge in [0.1, 0.15) is 0 Å². The van der Waals surface area contributed by atoms with E-state index in [2.05, 4.69) is 51.5 Å². The first kappa shape index (κ1) is 10.5. The normalized spacial score (nSPS) is 11.6. The van der Waals surface area contributed by atoms with Crippen molar-refractivity contribution in [3.8, 4) is 11.8 Å². The van der Waals surface area contributed by atoms with E-state index in [1.54, 1.807) is 0 Å². The average Bonchev–Trinajstić information content (AvgIpc) is 1.86. The molecule has 0 aromatic carbocycles. The molecule has 1 nitrogen and oxygen atoms in total. The van der Waals surface area contributed by atoms with Crippen molar-refractivity contribution in [1.82, 2.24) is 4.90 Å². The SMILES string of the molecule is CC#CC(C)(C)N(C)C(C)C. The van der Waals surface area contributed by atoms with E-state index >= 15 is 0 Å². The quantitative estimate of drug-likeness (QED) is 0.549. The van der Waals surface area contributed by atoms with E-state index in [0.29, 0.717) is 6.04 Å². The van der Waals surface area contributed by atoms with Crippen LogP contribution >= 0.6 is 0 Å². The van der Waals surface area contributed by atoms with Crippen molar-refractivity contribution in [2.45, 2.75) is 46.2 Å². The van der Waals surface area contributed by atoms with Crippen LogP contribution in [0.25, 0.3) is 0 Å². The van der Waals surface area contributed by atoms with Crippen molar-refractivity contribution in [2.75, 3.05) is 7.05 Å². The lowest BCUT2D eigenvalue weighted by molar-refractivity contribution is 0.169. The molecule has 0 saturated carbocycles. The number of hydrogen-bond donors (Lipinski definition) is 0. The zero-order chi connectivity index (χ0) is 9.07. The molecule has 0 heterocycles. The van der Waals surface area contributed by atoms with Gasteiger partial charge in [-0.2, -0.15) is 0 Å². The second kappa shape index (κ2) is 3.78. The Morgan fingerprint density at radius 3 is 2.00 bits per heavy atom. The van der Waals surface area contributed by atoms with Gasteiger partial charge in [0.15, 0.2) is 0 Å². The lowest BCUT2D eigenvalue weighted by Gasteiger charge is -2.34. The van der Waals surface area contributed by atoms with E-state index in [9.17, 15) is 0 Å². The van der Waals surface area contributed by atoms with E-state index in [4.69, 9.17) is 0 Å². The summed E-state index contributed by atoms with van der Waals surface area (Å²) < 4.78 is 0. The first-order valence-electron chi connectivity index (χ1n) is 4.08. The Labute approximate surface area is 70.8 Å². The summed E-state index contributed by atoms with van der Waals surface area (Å²) in [5, 5.41) is 0. The third-order valence-electron chi connectivity index (χ3n) is 2.09. The Morgan fingerprint density at radius 1 is 1.27 bits per heavy atom. The van der Waals surface area contributed by atoms with Gasteiger partial charge in [-0.3, -0.25) is 4.90 Å². The predicted octanol–water partition coefficient (Wildman–Crippen LogP) is 2.13. The number of nitrogens with zero attached hydrogens (tertiary/aromatic N) is 1. The van der Waals surface area contributed by atoms with Gasteiger partial charge in [0.2, 0.25) is 0 Å². The number of rotatable bonds is 2. The summed E-state index contributed by atoms with van der Waals surface area (Å²) in [5.74, 6) is 6.13. The molecule has 0 aromatic heterocycles. The second-order valence-electron chi connectivity index (χ2n) is 3.64. The fourth-order valence-electron chi connectivity index (χ4n) is 1.04. The van der Waals surface area contributed by atoms with Gasteiger partial charge in [0.25, 0.3) is 0 Å². The Bertz CT molecular complexity index is 169. The van der Waals surface area contributed by atoms with Crippen LogP contribution in [0.1, 0.15) is 34.6 Å². The van der Waals surface area contributed by atoms with Gasteiger partial charge in [0.05, 0.1) is 5.54 Å². The van der Waals surface area contributed by atoms with E-state index < -0.39 is 0 Å². The van der Waals surface area contributed by atoms with Crippen molar-refractivity contribution in [2.24, 2.45) is 0 Å². The highest BCUT2D eigenvalue weighted by molar-refractivity contribution is 5.13.